The van der Waals surface area contributed by atoms with Gasteiger partial charge in [0.05, 0.1) is 11.3 Å². The molecule has 86 valence electrons. The Labute approximate surface area is 93.8 Å². The zero-order valence-electron chi connectivity index (χ0n) is 9.23. The fraction of sp³-hybridized carbons (Fsp3) is 0.250. The maximum Gasteiger partial charge on any atom is 0.335 e. The van der Waals surface area contributed by atoms with Crippen LogP contribution in [0.3, 0.4) is 0 Å². The SMILES string of the molecule is CC=C(CC)Oc1cc(C(=O)O)ccc1O. The summed E-state index contributed by atoms with van der Waals surface area (Å²) < 4.78 is 5.38. The van der Waals surface area contributed by atoms with Gasteiger partial charge in [-0.2, -0.15) is 0 Å². The van der Waals surface area contributed by atoms with Gasteiger partial charge in [0.25, 0.3) is 0 Å². The lowest BCUT2D eigenvalue weighted by molar-refractivity contribution is 0.0696. The Morgan fingerprint density at radius 3 is 2.69 bits per heavy atom. The molecule has 0 aliphatic heterocycles. The minimum absolute atomic E-state index is 0.0715. The molecule has 16 heavy (non-hydrogen) atoms. The standard InChI is InChI=1S/C12H14O4/c1-3-9(4-2)16-11-7-8(12(14)15)5-6-10(11)13/h3,5-7,13H,4H2,1-2H3,(H,14,15). The number of aromatic hydroxyl groups is 1. The highest BCUT2D eigenvalue weighted by Gasteiger charge is 2.09. The van der Waals surface area contributed by atoms with Gasteiger partial charge in [0, 0.05) is 6.42 Å². The van der Waals surface area contributed by atoms with E-state index in [2.05, 4.69) is 0 Å². The summed E-state index contributed by atoms with van der Waals surface area (Å²) >= 11 is 0. The number of ether oxygens (including phenoxy) is 1. The van der Waals surface area contributed by atoms with Crippen LogP contribution in [-0.2, 0) is 0 Å². The Morgan fingerprint density at radius 1 is 1.50 bits per heavy atom. The van der Waals surface area contributed by atoms with Crippen LogP contribution in [0.2, 0.25) is 0 Å². The third-order valence-corrected chi connectivity index (χ3v) is 2.12. The van der Waals surface area contributed by atoms with E-state index in [4.69, 9.17) is 9.84 Å². The van der Waals surface area contributed by atoms with Crippen molar-refractivity contribution >= 4 is 5.97 Å². The summed E-state index contributed by atoms with van der Waals surface area (Å²) in [6.07, 6.45) is 2.44. The number of carboxylic acids is 1. The summed E-state index contributed by atoms with van der Waals surface area (Å²) in [4.78, 5) is 10.7. The van der Waals surface area contributed by atoms with Crippen LogP contribution in [0.25, 0.3) is 0 Å². The molecule has 2 N–H and O–H groups in total. The van der Waals surface area contributed by atoms with E-state index >= 15 is 0 Å². The maximum atomic E-state index is 10.7. The quantitative estimate of drug-likeness (QED) is 0.769. The minimum atomic E-state index is -1.05. The molecule has 1 aromatic carbocycles. The molecule has 0 aliphatic rings. The molecule has 0 fully saturated rings. The highest BCUT2D eigenvalue weighted by Crippen LogP contribution is 2.29. The van der Waals surface area contributed by atoms with Gasteiger partial charge in [0.1, 0.15) is 0 Å². The number of allylic oxidation sites excluding steroid dienone is 2. The normalized spacial score (nSPS) is 11.2. The molecule has 4 heteroatoms. The number of phenolic OH excluding ortho intramolecular Hbond substituents is 1. The Balaban J connectivity index is 3.03. The molecular weight excluding hydrogens is 208 g/mol. The van der Waals surface area contributed by atoms with Crippen molar-refractivity contribution in [2.45, 2.75) is 20.3 Å². The van der Waals surface area contributed by atoms with Crippen molar-refractivity contribution < 1.29 is 19.7 Å². The maximum absolute atomic E-state index is 10.7. The average Bonchev–Trinajstić information content (AvgIpc) is 2.27. The molecule has 0 atom stereocenters. The van der Waals surface area contributed by atoms with Crippen LogP contribution < -0.4 is 4.74 Å². The van der Waals surface area contributed by atoms with Gasteiger partial charge in [-0.3, -0.25) is 0 Å². The Kier molecular flexibility index (Phi) is 3.94. The number of phenols is 1. The lowest BCUT2D eigenvalue weighted by Crippen LogP contribution is -1.99. The third kappa shape index (κ3) is 2.76. The van der Waals surface area contributed by atoms with Gasteiger partial charge in [-0.05, 0) is 31.2 Å². The van der Waals surface area contributed by atoms with Crippen molar-refractivity contribution in [2.24, 2.45) is 0 Å². The number of rotatable bonds is 4. The molecule has 4 nitrogen and oxygen atoms in total. The second-order valence-electron chi connectivity index (χ2n) is 3.20. The Bertz CT molecular complexity index is 421. The fourth-order valence-electron chi connectivity index (χ4n) is 1.21. The van der Waals surface area contributed by atoms with Gasteiger partial charge in [-0.1, -0.05) is 6.92 Å². The van der Waals surface area contributed by atoms with E-state index in [1.54, 1.807) is 6.08 Å². The number of aromatic carboxylic acids is 1. The zero-order chi connectivity index (χ0) is 12.1. The van der Waals surface area contributed by atoms with Crippen LogP contribution in [0.4, 0.5) is 0 Å². The largest absolute Gasteiger partial charge is 0.504 e. The minimum Gasteiger partial charge on any atom is -0.504 e. The molecule has 1 aromatic rings. The molecule has 1 rings (SSSR count). The molecule has 0 radical (unpaired) electrons. The summed E-state index contributed by atoms with van der Waals surface area (Å²) in [5.74, 6) is -0.283. The van der Waals surface area contributed by atoms with E-state index < -0.39 is 5.97 Å². The van der Waals surface area contributed by atoms with E-state index in [0.717, 1.165) is 0 Å². The van der Waals surface area contributed by atoms with Crippen LogP contribution in [-0.4, -0.2) is 16.2 Å². The first-order valence-corrected chi connectivity index (χ1v) is 4.97. The molecule has 0 bridgehead atoms. The topological polar surface area (TPSA) is 66.8 Å². The Morgan fingerprint density at radius 2 is 2.19 bits per heavy atom. The highest BCUT2D eigenvalue weighted by molar-refractivity contribution is 5.88. The van der Waals surface area contributed by atoms with Crippen LogP contribution in [0.5, 0.6) is 11.5 Å². The first-order chi connectivity index (χ1) is 7.58. The van der Waals surface area contributed by atoms with Crippen molar-refractivity contribution in [3.63, 3.8) is 0 Å². The summed E-state index contributed by atoms with van der Waals surface area (Å²) in [5.41, 5.74) is 0.0827. The van der Waals surface area contributed by atoms with E-state index in [-0.39, 0.29) is 17.1 Å². The second kappa shape index (κ2) is 5.21. The smallest absolute Gasteiger partial charge is 0.335 e. The Hall–Kier alpha value is -1.97. The van der Waals surface area contributed by atoms with Gasteiger partial charge < -0.3 is 14.9 Å². The number of carbonyl (C=O) groups is 1. The van der Waals surface area contributed by atoms with Gasteiger partial charge in [-0.15, -0.1) is 0 Å². The zero-order valence-corrected chi connectivity index (χ0v) is 9.23. The van der Waals surface area contributed by atoms with Crippen LogP contribution in [0.15, 0.2) is 30.0 Å². The van der Waals surface area contributed by atoms with E-state index in [1.165, 1.54) is 18.2 Å². The van der Waals surface area contributed by atoms with Crippen molar-refractivity contribution in [3.05, 3.63) is 35.6 Å². The first kappa shape index (κ1) is 12.1. The fourth-order valence-corrected chi connectivity index (χ4v) is 1.21. The van der Waals surface area contributed by atoms with Gasteiger partial charge in [-0.25, -0.2) is 4.79 Å². The highest BCUT2D eigenvalue weighted by atomic mass is 16.5. The number of carboxylic acid groups (broad SMARTS) is 1. The van der Waals surface area contributed by atoms with Crippen LogP contribution in [0, 0.1) is 0 Å². The van der Waals surface area contributed by atoms with Gasteiger partial charge >= 0.3 is 5.97 Å². The number of benzene rings is 1. The average molecular weight is 222 g/mol. The molecule has 0 aliphatic carbocycles. The predicted octanol–water partition coefficient (Wildman–Crippen LogP) is 2.78. The van der Waals surface area contributed by atoms with Crippen molar-refractivity contribution in [1.82, 2.24) is 0 Å². The summed E-state index contributed by atoms with van der Waals surface area (Å²) in [5, 5.41) is 18.3. The van der Waals surface area contributed by atoms with Gasteiger partial charge in [0.2, 0.25) is 0 Å². The monoisotopic (exact) mass is 222 g/mol. The van der Waals surface area contributed by atoms with E-state index in [1.807, 2.05) is 13.8 Å². The van der Waals surface area contributed by atoms with E-state index in [9.17, 15) is 9.90 Å². The lowest BCUT2D eigenvalue weighted by Gasteiger charge is -2.09. The van der Waals surface area contributed by atoms with Gasteiger partial charge in [0.15, 0.2) is 11.5 Å². The van der Waals surface area contributed by atoms with Crippen LogP contribution in [0.1, 0.15) is 30.6 Å². The van der Waals surface area contributed by atoms with E-state index in [0.29, 0.717) is 12.2 Å². The number of hydrogen-bond donors (Lipinski definition) is 2. The third-order valence-electron chi connectivity index (χ3n) is 2.12. The molecule has 0 amide bonds. The van der Waals surface area contributed by atoms with Crippen molar-refractivity contribution in [1.29, 1.82) is 0 Å². The lowest BCUT2D eigenvalue weighted by atomic mass is 10.2. The van der Waals surface area contributed by atoms with Crippen molar-refractivity contribution in [2.75, 3.05) is 0 Å². The summed E-state index contributed by atoms with van der Waals surface area (Å²) in [6, 6.07) is 3.93. The molecule has 0 saturated carbocycles. The molecular formula is C12H14O4. The number of hydrogen-bond acceptors (Lipinski definition) is 3. The molecule has 0 aromatic heterocycles. The van der Waals surface area contributed by atoms with Crippen molar-refractivity contribution in [3.8, 4) is 11.5 Å². The molecule has 0 heterocycles. The van der Waals surface area contributed by atoms with Crippen LogP contribution >= 0.6 is 0 Å². The second-order valence-corrected chi connectivity index (χ2v) is 3.20. The first-order valence-electron chi connectivity index (χ1n) is 4.97. The molecule has 0 saturated heterocycles. The predicted molar refractivity (Wildman–Crippen MR) is 59.7 cm³/mol. The summed E-state index contributed by atoms with van der Waals surface area (Å²) in [6.45, 7) is 3.73. The summed E-state index contributed by atoms with van der Waals surface area (Å²) in [7, 11) is 0. The molecule has 0 spiro atoms. The molecule has 0 unspecified atom stereocenters.